The first-order chi connectivity index (χ1) is 11.5. The Morgan fingerprint density at radius 3 is 2.83 bits per heavy atom. The second-order valence-corrected chi connectivity index (χ2v) is 7.17. The second-order valence-electron chi connectivity index (χ2n) is 5.26. The zero-order chi connectivity index (χ0) is 17.1. The summed E-state index contributed by atoms with van der Waals surface area (Å²) in [5, 5.41) is 4.45. The molecule has 0 saturated carbocycles. The van der Waals surface area contributed by atoms with E-state index >= 15 is 0 Å². The number of nitrogens with zero attached hydrogens (tertiary/aromatic N) is 1. The van der Waals surface area contributed by atoms with Gasteiger partial charge in [-0.3, -0.25) is 4.79 Å². The van der Waals surface area contributed by atoms with Crippen LogP contribution in [0.15, 0.2) is 58.0 Å². The Bertz CT molecular complexity index is 917. The molecule has 122 valence electrons. The third kappa shape index (κ3) is 3.94. The number of carbonyl (C=O) groups excluding carboxylic acids is 1. The Hall–Kier alpha value is -1.92. The number of fused-ring (bicyclic) bond motifs is 1. The lowest BCUT2D eigenvalue weighted by atomic mass is 10.1. The van der Waals surface area contributed by atoms with E-state index < -0.39 is 5.82 Å². The Morgan fingerprint density at radius 2 is 2.04 bits per heavy atom. The van der Waals surface area contributed by atoms with Gasteiger partial charge in [0.2, 0.25) is 5.91 Å². The van der Waals surface area contributed by atoms with E-state index in [2.05, 4.69) is 26.2 Å². The Morgan fingerprint density at radius 1 is 1.25 bits per heavy atom. The predicted octanol–water partition coefficient (Wildman–Crippen LogP) is 5.18. The fraction of sp³-hybridized carbons (Fsp3) is 0.111. The van der Waals surface area contributed by atoms with Crippen LogP contribution in [0.3, 0.4) is 0 Å². The molecule has 2 aromatic carbocycles. The number of hydrogen-bond donors (Lipinski definition) is 1. The van der Waals surface area contributed by atoms with Gasteiger partial charge in [-0.2, -0.15) is 0 Å². The van der Waals surface area contributed by atoms with Crippen LogP contribution in [0.25, 0.3) is 10.9 Å². The number of halogens is 2. The third-order valence-corrected chi connectivity index (χ3v) is 4.86. The van der Waals surface area contributed by atoms with Crippen molar-refractivity contribution in [1.29, 1.82) is 0 Å². The van der Waals surface area contributed by atoms with Crippen LogP contribution in [0.2, 0.25) is 0 Å². The molecule has 0 aliphatic rings. The smallest absolute Gasteiger partial charge is 0.234 e. The van der Waals surface area contributed by atoms with Crippen molar-refractivity contribution in [2.75, 3.05) is 11.1 Å². The summed E-state index contributed by atoms with van der Waals surface area (Å²) < 4.78 is 14.4. The fourth-order valence-electron chi connectivity index (χ4n) is 2.31. The van der Waals surface area contributed by atoms with E-state index in [1.165, 1.54) is 23.9 Å². The molecular weight excluding hydrogens is 391 g/mol. The van der Waals surface area contributed by atoms with Crippen LogP contribution in [-0.2, 0) is 4.79 Å². The van der Waals surface area contributed by atoms with Crippen molar-refractivity contribution < 1.29 is 9.18 Å². The van der Waals surface area contributed by atoms with Gasteiger partial charge in [0.1, 0.15) is 5.82 Å². The number of anilines is 1. The summed E-state index contributed by atoms with van der Waals surface area (Å²) in [6.45, 7) is 2.02. The fourth-order valence-corrected chi connectivity index (χ4v) is 3.42. The molecule has 1 aromatic heterocycles. The second kappa shape index (κ2) is 7.32. The van der Waals surface area contributed by atoms with Gasteiger partial charge in [-0.05, 0) is 42.8 Å². The van der Waals surface area contributed by atoms with Crippen molar-refractivity contribution in [1.82, 2.24) is 4.98 Å². The maximum absolute atomic E-state index is 13.7. The summed E-state index contributed by atoms with van der Waals surface area (Å²) in [5.41, 5.74) is 2.19. The maximum atomic E-state index is 13.7. The van der Waals surface area contributed by atoms with Crippen LogP contribution >= 0.6 is 27.7 Å². The number of nitrogens with one attached hydrogen (secondary N) is 1. The summed E-state index contributed by atoms with van der Waals surface area (Å²) >= 11 is 4.52. The zero-order valence-electron chi connectivity index (χ0n) is 12.8. The Labute approximate surface area is 151 Å². The third-order valence-electron chi connectivity index (χ3n) is 3.46. The van der Waals surface area contributed by atoms with Gasteiger partial charge in [0, 0.05) is 9.86 Å². The van der Waals surface area contributed by atoms with E-state index in [4.69, 9.17) is 0 Å². The van der Waals surface area contributed by atoms with Crippen molar-refractivity contribution in [3.8, 4) is 0 Å². The molecule has 1 N–H and O–H groups in total. The van der Waals surface area contributed by atoms with Crippen molar-refractivity contribution in [2.24, 2.45) is 0 Å². The van der Waals surface area contributed by atoms with Crippen molar-refractivity contribution in [2.45, 2.75) is 11.9 Å². The summed E-state index contributed by atoms with van der Waals surface area (Å²) in [6, 6.07) is 14.4. The summed E-state index contributed by atoms with van der Waals surface area (Å²) in [5.74, 6) is -0.573. The number of rotatable bonds is 4. The van der Waals surface area contributed by atoms with Gasteiger partial charge in [-0.25, -0.2) is 9.37 Å². The monoisotopic (exact) mass is 404 g/mol. The molecule has 0 radical (unpaired) electrons. The van der Waals surface area contributed by atoms with Crippen molar-refractivity contribution in [3.63, 3.8) is 0 Å². The minimum atomic E-state index is -0.470. The van der Waals surface area contributed by atoms with E-state index in [-0.39, 0.29) is 17.3 Å². The Kier molecular flexibility index (Phi) is 5.16. The summed E-state index contributed by atoms with van der Waals surface area (Å²) in [4.78, 5) is 16.6. The topological polar surface area (TPSA) is 42.0 Å². The first kappa shape index (κ1) is 16.9. The van der Waals surface area contributed by atoms with E-state index in [1.54, 1.807) is 6.07 Å². The van der Waals surface area contributed by atoms with E-state index in [0.717, 1.165) is 21.5 Å². The maximum Gasteiger partial charge on any atom is 0.234 e. The molecule has 24 heavy (non-hydrogen) atoms. The van der Waals surface area contributed by atoms with Crippen molar-refractivity contribution in [3.05, 3.63) is 64.4 Å². The molecule has 0 saturated heterocycles. The minimum Gasteiger partial charge on any atom is -0.323 e. The molecule has 0 atom stereocenters. The molecule has 0 unspecified atom stereocenters. The first-order valence-electron chi connectivity index (χ1n) is 7.27. The number of aryl methyl sites for hydroxylation is 1. The summed E-state index contributed by atoms with van der Waals surface area (Å²) in [7, 11) is 0. The molecule has 3 rings (SSSR count). The number of thioether (sulfide) groups is 1. The number of para-hydroxylation sites is 1. The number of pyridine rings is 1. The van der Waals surface area contributed by atoms with Gasteiger partial charge in [0.25, 0.3) is 0 Å². The first-order valence-corrected chi connectivity index (χ1v) is 9.05. The number of hydrogen-bond acceptors (Lipinski definition) is 3. The quantitative estimate of drug-likeness (QED) is 0.609. The van der Waals surface area contributed by atoms with Crippen LogP contribution in [0.4, 0.5) is 10.1 Å². The minimum absolute atomic E-state index is 0.167. The molecule has 3 aromatic rings. The van der Waals surface area contributed by atoms with E-state index in [1.807, 2.05) is 37.3 Å². The molecule has 0 aliphatic carbocycles. The number of aromatic nitrogens is 1. The molecule has 0 bridgehead atoms. The number of amides is 1. The number of carbonyl (C=O) groups is 1. The highest BCUT2D eigenvalue weighted by Gasteiger charge is 2.09. The number of benzene rings is 2. The van der Waals surface area contributed by atoms with Gasteiger partial charge >= 0.3 is 0 Å². The molecule has 1 amide bonds. The van der Waals surface area contributed by atoms with Crippen molar-refractivity contribution >= 4 is 50.2 Å². The predicted molar refractivity (Wildman–Crippen MR) is 99.9 cm³/mol. The average molecular weight is 405 g/mol. The van der Waals surface area contributed by atoms with Gasteiger partial charge in [0.15, 0.2) is 0 Å². The molecule has 6 heteroatoms. The molecule has 0 fully saturated rings. The average Bonchev–Trinajstić information content (AvgIpc) is 2.56. The van der Waals surface area contributed by atoms with Gasteiger partial charge in [-0.15, -0.1) is 0 Å². The van der Waals surface area contributed by atoms with Crippen LogP contribution in [-0.4, -0.2) is 16.6 Å². The lowest BCUT2D eigenvalue weighted by Gasteiger charge is -2.08. The van der Waals surface area contributed by atoms with Crippen LogP contribution in [0.1, 0.15) is 5.56 Å². The largest absolute Gasteiger partial charge is 0.323 e. The van der Waals surface area contributed by atoms with Gasteiger partial charge in [0.05, 0.1) is 22.0 Å². The standard InChI is InChI=1S/C18H14BrFN2OS/c1-11-8-18(22-15-5-3-2-4-13(11)15)24-10-17(23)21-16-7-6-12(19)9-14(16)20/h2-9H,10H2,1H3,(H,21,23). The Balaban J connectivity index is 1.68. The lowest BCUT2D eigenvalue weighted by molar-refractivity contribution is -0.113. The lowest BCUT2D eigenvalue weighted by Crippen LogP contribution is -2.15. The zero-order valence-corrected chi connectivity index (χ0v) is 15.2. The van der Waals surface area contributed by atoms with Crippen LogP contribution in [0.5, 0.6) is 0 Å². The van der Waals surface area contributed by atoms with E-state index in [9.17, 15) is 9.18 Å². The molecule has 1 heterocycles. The SMILES string of the molecule is Cc1cc(SCC(=O)Nc2ccc(Br)cc2F)nc2ccccc12. The highest BCUT2D eigenvalue weighted by Crippen LogP contribution is 2.24. The normalized spacial score (nSPS) is 10.8. The van der Waals surface area contributed by atoms with Gasteiger partial charge < -0.3 is 5.32 Å². The molecule has 0 aliphatic heterocycles. The van der Waals surface area contributed by atoms with E-state index in [0.29, 0.717) is 4.47 Å². The van der Waals surface area contributed by atoms with Crippen LogP contribution in [0, 0.1) is 12.7 Å². The summed E-state index contributed by atoms with van der Waals surface area (Å²) in [6.07, 6.45) is 0. The highest BCUT2D eigenvalue weighted by molar-refractivity contribution is 9.10. The molecular formula is C18H14BrFN2OS. The van der Waals surface area contributed by atoms with Gasteiger partial charge in [-0.1, -0.05) is 45.9 Å². The van der Waals surface area contributed by atoms with Crippen LogP contribution < -0.4 is 5.32 Å². The molecule has 3 nitrogen and oxygen atoms in total. The molecule has 0 spiro atoms. The highest BCUT2D eigenvalue weighted by atomic mass is 79.9.